The fourth-order valence-corrected chi connectivity index (χ4v) is 0.775. The van der Waals surface area contributed by atoms with Gasteiger partial charge < -0.3 is 35.4 Å². The van der Waals surface area contributed by atoms with Crippen LogP contribution in [-0.4, -0.2) is 81.5 Å². The molecule has 0 spiro atoms. The Labute approximate surface area is 87.2 Å². The highest BCUT2D eigenvalue weighted by molar-refractivity contribution is 4.67. The second-order valence-corrected chi connectivity index (χ2v) is 3.17. The molecule has 0 aliphatic rings. The second-order valence-electron chi connectivity index (χ2n) is 3.17. The van der Waals surface area contributed by atoms with Gasteiger partial charge in [-0.05, 0) is 0 Å². The third kappa shape index (κ3) is 6.00. The molecule has 4 atom stereocenters. The van der Waals surface area contributed by atoms with Crippen LogP contribution in [0.1, 0.15) is 0 Å². The molecule has 7 nitrogen and oxygen atoms in total. The predicted molar refractivity (Wildman–Crippen MR) is 49.0 cm³/mol. The highest BCUT2D eigenvalue weighted by atomic mass is 16.5. The molecule has 4 unspecified atom stereocenters. The number of hydrogen-bond donors (Lipinski definition) is 6. The van der Waals surface area contributed by atoms with Crippen molar-refractivity contribution in [1.29, 1.82) is 0 Å². The van der Waals surface area contributed by atoms with Crippen molar-refractivity contribution in [2.24, 2.45) is 0 Å². The van der Waals surface area contributed by atoms with Gasteiger partial charge in [-0.3, -0.25) is 0 Å². The molecular weight excluding hydrogens is 208 g/mol. The van der Waals surface area contributed by atoms with Crippen molar-refractivity contribution in [1.82, 2.24) is 0 Å². The maximum absolute atomic E-state index is 9.10. The molecule has 0 aliphatic heterocycles. The van der Waals surface area contributed by atoms with Crippen LogP contribution in [0.15, 0.2) is 0 Å². The first kappa shape index (κ1) is 14.7. The molecule has 0 aromatic heterocycles. The van der Waals surface area contributed by atoms with E-state index in [9.17, 15) is 0 Å². The summed E-state index contributed by atoms with van der Waals surface area (Å²) in [6, 6.07) is 0. The fraction of sp³-hybridized carbons (Fsp3) is 1.00. The molecule has 0 aromatic carbocycles. The smallest absolute Gasteiger partial charge is 0.105 e. The van der Waals surface area contributed by atoms with E-state index in [1.54, 1.807) is 0 Å². The lowest BCUT2D eigenvalue weighted by molar-refractivity contribution is -0.0917. The van der Waals surface area contributed by atoms with Crippen molar-refractivity contribution < 1.29 is 35.4 Å². The summed E-state index contributed by atoms with van der Waals surface area (Å²) in [4.78, 5) is 0. The van der Waals surface area contributed by atoms with Gasteiger partial charge in [0.15, 0.2) is 0 Å². The van der Waals surface area contributed by atoms with Gasteiger partial charge in [-0.1, -0.05) is 0 Å². The number of rotatable bonds is 8. The van der Waals surface area contributed by atoms with Crippen LogP contribution in [0.3, 0.4) is 0 Å². The van der Waals surface area contributed by atoms with Gasteiger partial charge in [-0.2, -0.15) is 0 Å². The Kier molecular flexibility index (Phi) is 7.79. The zero-order valence-corrected chi connectivity index (χ0v) is 8.23. The van der Waals surface area contributed by atoms with Crippen molar-refractivity contribution >= 4 is 0 Å². The van der Waals surface area contributed by atoms with Gasteiger partial charge >= 0.3 is 0 Å². The molecule has 15 heavy (non-hydrogen) atoms. The van der Waals surface area contributed by atoms with Crippen molar-refractivity contribution in [3.63, 3.8) is 0 Å². The zero-order valence-electron chi connectivity index (χ0n) is 8.23. The van der Waals surface area contributed by atoms with Gasteiger partial charge in [0.2, 0.25) is 0 Å². The summed E-state index contributed by atoms with van der Waals surface area (Å²) < 4.78 is 4.76. The van der Waals surface area contributed by atoms with Crippen LogP contribution >= 0.6 is 0 Å². The Balaban J connectivity index is 3.60. The van der Waals surface area contributed by atoms with E-state index in [2.05, 4.69) is 0 Å². The maximum Gasteiger partial charge on any atom is 0.105 e. The van der Waals surface area contributed by atoms with Gasteiger partial charge in [0, 0.05) is 0 Å². The average molecular weight is 226 g/mol. The van der Waals surface area contributed by atoms with Gasteiger partial charge in [0.25, 0.3) is 0 Å². The van der Waals surface area contributed by atoms with E-state index >= 15 is 0 Å². The summed E-state index contributed by atoms with van der Waals surface area (Å²) >= 11 is 0. The third-order valence-corrected chi connectivity index (χ3v) is 1.84. The summed E-state index contributed by atoms with van der Waals surface area (Å²) in [5, 5.41) is 52.9. The van der Waals surface area contributed by atoms with E-state index in [-0.39, 0.29) is 13.2 Å². The summed E-state index contributed by atoms with van der Waals surface area (Å²) in [6.07, 6.45) is -5.11. The largest absolute Gasteiger partial charge is 0.394 e. The van der Waals surface area contributed by atoms with Gasteiger partial charge in [0.1, 0.15) is 24.4 Å². The third-order valence-electron chi connectivity index (χ3n) is 1.84. The van der Waals surface area contributed by atoms with Crippen molar-refractivity contribution in [3.8, 4) is 0 Å². The molecule has 0 bridgehead atoms. The summed E-state index contributed by atoms with van der Waals surface area (Å²) in [5.41, 5.74) is 0. The van der Waals surface area contributed by atoms with Crippen LogP contribution in [0.25, 0.3) is 0 Å². The number of aliphatic hydroxyl groups excluding tert-OH is 6. The Morgan fingerprint density at radius 1 is 0.667 bits per heavy atom. The topological polar surface area (TPSA) is 131 Å². The lowest BCUT2D eigenvalue weighted by Crippen LogP contribution is -2.37. The van der Waals surface area contributed by atoms with Crippen LogP contribution in [0.2, 0.25) is 0 Å². The quantitative estimate of drug-likeness (QED) is 0.252. The van der Waals surface area contributed by atoms with Crippen LogP contribution in [0.4, 0.5) is 0 Å². The molecule has 7 heteroatoms. The minimum absolute atomic E-state index is 0.281. The summed E-state index contributed by atoms with van der Waals surface area (Å²) in [5.74, 6) is 0. The van der Waals surface area contributed by atoms with Crippen LogP contribution in [0.5, 0.6) is 0 Å². The van der Waals surface area contributed by atoms with Gasteiger partial charge in [-0.15, -0.1) is 0 Å². The van der Waals surface area contributed by atoms with E-state index in [1.165, 1.54) is 0 Å². The molecule has 92 valence electrons. The van der Waals surface area contributed by atoms with Crippen molar-refractivity contribution in [3.05, 3.63) is 0 Å². The Bertz CT molecular complexity index is 138. The minimum Gasteiger partial charge on any atom is -0.394 e. The molecular formula is C8H18O7. The minimum atomic E-state index is -1.30. The molecule has 0 aliphatic carbocycles. The van der Waals surface area contributed by atoms with Crippen molar-refractivity contribution in [2.45, 2.75) is 24.4 Å². The van der Waals surface area contributed by atoms with E-state index in [1.807, 2.05) is 0 Å². The first-order chi connectivity index (χ1) is 7.02. The molecule has 0 rings (SSSR count). The SMILES string of the molecule is OCC(O)C(O)COCC(O)C(O)CO. The van der Waals surface area contributed by atoms with Crippen LogP contribution < -0.4 is 0 Å². The highest BCUT2D eigenvalue weighted by Gasteiger charge is 2.18. The van der Waals surface area contributed by atoms with E-state index < -0.39 is 37.6 Å². The van der Waals surface area contributed by atoms with Gasteiger partial charge in [0.05, 0.1) is 26.4 Å². The fourth-order valence-electron chi connectivity index (χ4n) is 0.775. The lowest BCUT2D eigenvalue weighted by atomic mass is 10.2. The maximum atomic E-state index is 9.10. The molecule has 6 N–H and O–H groups in total. The standard InChI is InChI=1S/C8H18O7/c9-1-5(11)7(13)3-15-4-8(14)6(12)2-10/h5-14H,1-4H2. The lowest BCUT2D eigenvalue weighted by Gasteiger charge is -2.19. The second kappa shape index (κ2) is 7.94. The van der Waals surface area contributed by atoms with Gasteiger partial charge in [-0.25, -0.2) is 0 Å². The predicted octanol–water partition coefficient (Wildman–Crippen LogP) is -3.57. The monoisotopic (exact) mass is 226 g/mol. The summed E-state index contributed by atoms with van der Waals surface area (Å²) in [6.45, 7) is -1.74. The number of hydrogen-bond acceptors (Lipinski definition) is 7. The highest BCUT2D eigenvalue weighted by Crippen LogP contribution is 1.97. The first-order valence-corrected chi connectivity index (χ1v) is 4.54. The molecule has 0 fully saturated rings. The Morgan fingerprint density at radius 2 is 1.00 bits per heavy atom. The molecule has 0 heterocycles. The molecule has 0 aromatic rings. The zero-order chi connectivity index (χ0) is 11.8. The van der Waals surface area contributed by atoms with E-state index in [4.69, 9.17) is 35.4 Å². The Morgan fingerprint density at radius 3 is 1.27 bits per heavy atom. The van der Waals surface area contributed by atoms with Crippen molar-refractivity contribution in [2.75, 3.05) is 26.4 Å². The molecule has 0 radical (unpaired) electrons. The molecule has 0 saturated carbocycles. The number of ether oxygens (including phenoxy) is 1. The Hall–Kier alpha value is -0.280. The van der Waals surface area contributed by atoms with E-state index in [0.717, 1.165) is 0 Å². The molecule has 0 saturated heterocycles. The molecule has 0 amide bonds. The van der Waals surface area contributed by atoms with E-state index in [0.29, 0.717) is 0 Å². The van der Waals surface area contributed by atoms with Crippen LogP contribution in [-0.2, 0) is 4.74 Å². The number of aliphatic hydroxyl groups is 6. The summed E-state index contributed by atoms with van der Waals surface area (Å²) in [7, 11) is 0. The van der Waals surface area contributed by atoms with Crippen LogP contribution in [0, 0.1) is 0 Å². The normalized spacial score (nSPS) is 19.6. The first-order valence-electron chi connectivity index (χ1n) is 4.54. The average Bonchev–Trinajstić information content (AvgIpc) is 2.26.